The van der Waals surface area contributed by atoms with Gasteiger partial charge in [-0.3, -0.25) is 4.90 Å². The van der Waals surface area contributed by atoms with E-state index in [0.717, 1.165) is 16.5 Å². The Balaban J connectivity index is 2.20. The van der Waals surface area contributed by atoms with E-state index in [1.165, 1.54) is 6.54 Å². The van der Waals surface area contributed by atoms with Crippen LogP contribution in [0, 0.1) is 5.41 Å². The lowest BCUT2D eigenvalue weighted by atomic mass is 9.83. The fourth-order valence-corrected chi connectivity index (χ4v) is 4.22. The van der Waals surface area contributed by atoms with Gasteiger partial charge in [0.25, 0.3) is 0 Å². The van der Waals surface area contributed by atoms with Crippen molar-refractivity contribution in [1.29, 1.82) is 0 Å². The molecular weight excluding hydrogens is 190 g/mol. The van der Waals surface area contributed by atoms with Gasteiger partial charge in [0, 0.05) is 28.6 Å². The molecule has 2 heterocycles. The molecular formula is C12H23NS. The molecule has 0 saturated carbocycles. The lowest BCUT2D eigenvalue weighted by Gasteiger charge is -2.44. The maximum atomic E-state index is 2.72. The van der Waals surface area contributed by atoms with Gasteiger partial charge in [0.1, 0.15) is 0 Å². The van der Waals surface area contributed by atoms with Gasteiger partial charge in [-0.2, -0.15) is 0 Å². The SMILES string of the molecule is CC(C)(C)C1C2SC2CN1C(C)(C)C. The van der Waals surface area contributed by atoms with Gasteiger partial charge in [0.05, 0.1) is 0 Å². The predicted octanol–water partition coefficient (Wildman–Crippen LogP) is 3.00. The zero-order valence-corrected chi connectivity index (χ0v) is 11.1. The Morgan fingerprint density at radius 3 is 2.00 bits per heavy atom. The van der Waals surface area contributed by atoms with Crippen molar-refractivity contribution in [2.75, 3.05) is 6.54 Å². The minimum Gasteiger partial charge on any atom is -0.293 e. The van der Waals surface area contributed by atoms with Crippen LogP contribution < -0.4 is 0 Å². The van der Waals surface area contributed by atoms with Crippen LogP contribution in [0.2, 0.25) is 0 Å². The minimum absolute atomic E-state index is 0.339. The zero-order chi connectivity index (χ0) is 10.7. The molecule has 0 bridgehead atoms. The summed E-state index contributed by atoms with van der Waals surface area (Å²) in [6, 6.07) is 0.775. The molecule has 0 aromatic carbocycles. The number of rotatable bonds is 0. The molecule has 2 saturated heterocycles. The highest BCUT2D eigenvalue weighted by Gasteiger charge is 2.59. The molecule has 0 radical (unpaired) electrons. The quantitative estimate of drug-likeness (QED) is 0.569. The van der Waals surface area contributed by atoms with E-state index in [1.54, 1.807) is 0 Å². The monoisotopic (exact) mass is 213 g/mol. The number of hydrogen-bond acceptors (Lipinski definition) is 2. The number of likely N-dealkylation sites (tertiary alicyclic amines) is 1. The average molecular weight is 213 g/mol. The van der Waals surface area contributed by atoms with E-state index in [2.05, 4.69) is 58.2 Å². The van der Waals surface area contributed by atoms with Crippen molar-refractivity contribution < 1.29 is 0 Å². The summed E-state index contributed by atoms with van der Waals surface area (Å²) in [6.45, 7) is 15.5. The fraction of sp³-hybridized carbons (Fsp3) is 1.00. The van der Waals surface area contributed by atoms with E-state index < -0.39 is 0 Å². The van der Waals surface area contributed by atoms with Crippen LogP contribution in [-0.2, 0) is 0 Å². The Kier molecular flexibility index (Phi) is 2.25. The second-order valence-electron chi connectivity index (χ2n) is 6.77. The molecule has 0 amide bonds. The molecule has 2 heteroatoms. The second-order valence-corrected chi connectivity index (χ2v) is 8.20. The number of thioether (sulfide) groups is 1. The summed E-state index contributed by atoms with van der Waals surface area (Å²) in [5.41, 5.74) is 0.766. The van der Waals surface area contributed by atoms with Crippen molar-refractivity contribution in [3.05, 3.63) is 0 Å². The first kappa shape index (κ1) is 10.8. The molecule has 1 nitrogen and oxygen atoms in total. The van der Waals surface area contributed by atoms with Gasteiger partial charge >= 0.3 is 0 Å². The molecule has 3 unspecified atom stereocenters. The summed E-state index contributed by atoms with van der Waals surface area (Å²) in [7, 11) is 0. The van der Waals surface area contributed by atoms with Crippen LogP contribution in [0.3, 0.4) is 0 Å². The van der Waals surface area contributed by atoms with Crippen molar-refractivity contribution >= 4 is 11.8 Å². The first-order chi connectivity index (χ1) is 6.21. The summed E-state index contributed by atoms with van der Waals surface area (Å²) < 4.78 is 0. The molecule has 0 aromatic rings. The van der Waals surface area contributed by atoms with Crippen LogP contribution in [0.4, 0.5) is 0 Å². The number of nitrogens with zero attached hydrogens (tertiary/aromatic N) is 1. The van der Waals surface area contributed by atoms with E-state index in [0.29, 0.717) is 11.0 Å². The molecule has 82 valence electrons. The van der Waals surface area contributed by atoms with Gasteiger partial charge in [-0.25, -0.2) is 0 Å². The summed E-state index contributed by atoms with van der Waals surface area (Å²) in [5, 5.41) is 1.87. The highest BCUT2D eigenvalue weighted by molar-refractivity contribution is 8.07. The Morgan fingerprint density at radius 1 is 1.07 bits per heavy atom. The van der Waals surface area contributed by atoms with Crippen LogP contribution in [0.15, 0.2) is 0 Å². The molecule has 0 spiro atoms. The third kappa shape index (κ3) is 1.71. The minimum atomic E-state index is 0.339. The van der Waals surface area contributed by atoms with Crippen LogP contribution in [0.25, 0.3) is 0 Å². The largest absolute Gasteiger partial charge is 0.293 e. The van der Waals surface area contributed by atoms with Gasteiger partial charge in [-0.1, -0.05) is 20.8 Å². The first-order valence-electron chi connectivity index (χ1n) is 5.63. The van der Waals surface area contributed by atoms with E-state index in [9.17, 15) is 0 Å². The number of hydrogen-bond donors (Lipinski definition) is 0. The molecule has 2 fully saturated rings. The standard InChI is InChI=1S/C12H23NS/c1-11(2,3)10-9-8(14-9)7-13(10)12(4,5)6/h8-10H,7H2,1-6H3. The van der Waals surface area contributed by atoms with Crippen molar-refractivity contribution in [1.82, 2.24) is 4.90 Å². The van der Waals surface area contributed by atoms with Crippen molar-refractivity contribution in [2.24, 2.45) is 5.41 Å². The normalized spacial score (nSPS) is 38.6. The Labute approximate surface area is 92.6 Å². The van der Waals surface area contributed by atoms with Gasteiger partial charge in [0.15, 0.2) is 0 Å². The third-order valence-electron chi connectivity index (χ3n) is 3.39. The summed E-state index contributed by atoms with van der Waals surface area (Å²) in [4.78, 5) is 2.72. The first-order valence-corrected chi connectivity index (χ1v) is 6.58. The van der Waals surface area contributed by atoms with Gasteiger partial charge in [0.2, 0.25) is 0 Å². The summed E-state index contributed by atoms with van der Waals surface area (Å²) in [5.74, 6) is 0. The number of fused-ring (bicyclic) bond motifs is 1. The fourth-order valence-electron chi connectivity index (χ4n) is 2.72. The lowest BCUT2D eigenvalue weighted by Crippen LogP contribution is -2.52. The smallest absolute Gasteiger partial charge is 0.0343 e. The topological polar surface area (TPSA) is 3.24 Å². The Bertz CT molecular complexity index is 236. The maximum Gasteiger partial charge on any atom is 0.0343 e. The summed E-state index contributed by atoms with van der Waals surface area (Å²) in [6.07, 6.45) is 0. The third-order valence-corrected chi connectivity index (χ3v) is 4.77. The zero-order valence-electron chi connectivity index (χ0n) is 10.3. The molecule has 14 heavy (non-hydrogen) atoms. The predicted molar refractivity (Wildman–Crippen MR) is 64.9 cm³/mol. The Hall–Kier alpha value is 0.310. The van der Waals surface area contributed by atoms with Crippen LogP contribution in [0.1, 0.15) is 41.5 Å². The molecule has 2 aliphatic heterocycles. The highest BCUT2D eigenvalue weighted by Crippen LogP contribution is 2.56. The second kappa shape index (κ2) is 2.91. The van der Waals surface area contributed by atoms with Crippen molar-refractivity contribution in [3.63, 3.8) is 0 Å². The molecule has 3 atom stereocenters. The van der Waals surface area contributed by atoms with Crippen molar-refractivity contribution in [2.45, 2.75) is 63.6 Å². The van der Waals surface area contributed by atoms with Crippen LogP contribution in [-0.4, -0.2) is 33.5 Å². The van der Waals surface area contributed by atoms with Gasteiger partial charge < -0.3 is 0 Å². The van der Waals surface area contributed by atoms with E-state index in [-0.39, 0.29) is 0 Å². The van der Waals surface area contributed by atoms with E-state index >= 15 is 0 Å². The van der Waals surface area contributed by atoms with Gasteiger partial charge in [-0.15, -0.1) is 11.8 Å². The highest BCUT2D eigenvalue weighted by atomic mass is 32.2. The average Bonchev–Trinajstić information content (AvgIpc) is 2.56. The van der Waals surface area contributed by atoms with Crippen molar-refractivity contribution in [3.8, 4) is 0 Å². The van der Waals surface area contributed by atoms with E-state index in [4.69, 9.17) is 0 Å². The van der Waals surface area contributed by atoms with Crippen LogP contribution in [0.5, 0.6) is 0 Å². The van der Waals surface area contributed by atoms with E-state index in [1.807, 2.05) is 0 Å². The molecule has 0 N–H and O–H groups in total. The molecule has 2 aliphatic rings. The molecule has 0 aliphatic carbocycles. The Morgan fingerprint density at radius 2 is 1.64 bits per heavy atom. The van der Waals surface area contributed by atoms with Crippen LogP contribution >= 0.6 is 11.8 Å². The maximum absolute atomic E-state index is 2.72. The molecule has 0 aromatic heterocycles. The summed E-state index contributed by atoms with van der Waals surface area (Å²) >= 11 is 2.19. The molecule has 2 rings (SSSR count). The van der Waals surface area contributed by atoms with Gasteiger partial charge in [-0.05, 0) is 26.2 Å². The lowest BCUT2D eigenvalue weighted by molar-refractivity contribution is 0.0590.